The minimum absolute atomic E-state index is 0.223. The third-order valence-corrected chi connectivity index (χ3v) is 2.19. The Morgan fingerprint density at radius 3 is 3.06 bits per heavy atom. The Balaban J connectivity index is 2.53. The van der Waals surface area contributed by atoms with Crippen molar-refractivity contribution in [3.8, 4) is 0 Å². The van der Waals surface area contributed by atoms with Gasteiger partial charge in [-0.25, -0.2) is 0 Å². The highest BCUT2D eigenvalue weighted by Gasteiger charge is 2.03. The summed E-state index contributed by atoms with van der Waals surface area (Å²) in [5, 5.41) is 3.27. The number of nitrogens with zero attached hydrogens (tertiary/aromatic N) is 1. The highest BCUT2D eigenvalue weighted by molar-refractivity contribution is 5.72. The molecule has 0 aliphatic carbocycles. The van der Waals surface area contributed by atoms with Crippen molar-refractivity contribution < 1.29 is 9.53 Å². The monoisotopic (exact) mass is 222 g/mol. The lowest BCUT2D eigenvalue weighted by Gasteiger charge is -2.04. The van der Waals surface area contributed by atoms with Crippen molar-refractivity contribution in [3.05, 3.63) is 29.6 Å². The topological polar surface area (TPSA) is 51.2 Å². The Bertz CT molecular complexity index is 340. The van der Waals surface area contributed by atoms with E-state index in [-0.39, 0.29) is 5.97 Å². The molecule has 0 atom stereocenters. The van der Waals surface area contributed by atoms with E-state index >= 15 is 0 Å². The van der Waals surface area contributed by atoms with Gasteiger partial charge in [0.15, 0.2) is 0 Å². The summed E-state index contributed by atoms with van der Waals surface area (Å²) in [6.45, 7) is 3.83. The largest absolute Gasteiger partial charge is 0.469 e. The molecule has 4 nitrogen and oxygen atoms in total. The average molecular weight is 222 g/mol. The van der Waals surface area contributed by atoms with Crippen LogP contribution in [-0.2, 0) is 22.5 Å². The number of ether oxygens (including phenoxy) is 1. The summed E-state index contributed by atoms with van der Waals surface area (Å²) < 4.78 is 4.62. The van der Waals surface area contributed by atoms with Crippen LogP contribution >= 0.6 is 0 Å². The van der Waals surface area contributed by atoms with Gasteiger partial charge in [0.05, 0.1) is 19.2 Å². The number of nitrogens with one attached hydrogen (secondary N) is 1. The molecule has 0 bridgehead atoms. The zero-order chi connectivity index (χ0) is 11.8. The molecule has 0 saturated carbocycles. The second kappa shape index (κ2) is 6.95. The van der Waals surface area contributed by atoms with Crippen LogP contribution in [-0.4, -0.2) is 24.6 Å². The third-order valence-electron chi connectivity index (χ3n) is 2.19. The fourth-order valence-corrected chi connectivity index (χ4v) is 1.37. The van der Waals surface area contributed by atoms with Gasteiger partial charge in [-0.15, -0.1) is 0 Å². The number of methoxy groups -OCH3 is 1. The van der Waals surface area contributed by atoms with Crippen LogP contribution in [0.15, 0.2) is 18.3 Å². The number of carbonyl (C=O) groups excluding carboxylic acids is 1. The lowest BCUT2D eigenvalue weighted by molar-refractivity contribution is -0.139. The number of rotatable bonds is 6. The fraction of sp³-hybridized carbons (Fsp3) is 0.500. The number of aromatic nitrogens is 1. The van der Waals surface area contributed by atoms with E-state index in [2.05, 4.69) is 22.0 Å². The van der Waals surface area contributed by atoms with E-state index in [1.54, 1.807) is 6.20 Å². The number of hydrogen-bond acceptors (Lipinski definition) is 4. The molecule has 0 radical (unpaired) electrons. The Morgan fingerprint density at radius 1 is 1.56 bits per heavy atom. The van der Waals surface area contributed by atoms with E-state index < -0.39 is 0 Å². The van der Waals surface area contributed by atoms with E-state index in [4.69, 9.17) is 0 Å². The van der Waals surface area contributed by atoms with Crippen LogP contribution in [0.25, 0.3) is 0 Å². The Hall–Kier alpha value is -1.42. The molecule has 0 unspecified atom stereocenters. The maximum absolute atomic E-state index is 11.1. The maximum Gasteiger partial charge on any atom is 0.309 e. The van der Waals surface area contributed by atoms with Crippen LogP contribution < -0.4 is 5.32 Å². The second-order valence-corrected chi connectivity index (χ2v) is 3.59. The van der Waals surface area contributed by atoms with Gasteiger partial charge < -0.3 is 10.1 Å². The number of carbonyl (C=O) groups is 1. The number of hydrogen-bond donors (Lipinski definition) is 1. The van der Waals surface area contributed by atoms with Gasteiger partial charge in [0.1, 0.15) is 0 Å². The highest BCUT2D eigenvalue weighted by atomic mass is 16.5. The smallest absolute Gasteiger partial charge is 0.309 e. The summed E-state index contributed by atoms with van der Waals surface area (Å²) in [6, 6.07) is 3.76. The molecular formula is C12H18N2O2. The third kappa shape index (κ3) is 4.40. The summed E-state index contributed by atoms with van der Waals surface area (Å²) in [7, 11) is 1.40. The summed E-state index contributed by atoms with van der Waals surface area (Å²) in [5.74, 6) is -0.223. The molecule has 1 N–H and O–H groups in total. The van der Waals surface area contributed by atoms with Crippen molar-refractivity contribution in [3.63, 3.8) is 0 Å². The first kappa shape index (κ1) is 12.6. The predicted molar refractivity (Wildman–Crippen MR) is 62.0 cm³/mol. The molecule has 1 heterocycles. The Morgan fingerprint density at radius 2 is 2.38 bits per heavy atom. The minimum Gasteiger partial charge on any atom is -0.469 e. The van der Waals surface area contributed by atoms with Crippen molar-refractivity contribution in [2.24, 2.45) is 0 Å². The molecule has 1 aromatic rings. The van der Waals surface area contributed by atoms with Gasteiger partial charge in [-0.05, 0) is 30.7 Å². The first-order valence-corrected chi connectivity index (χ1v) is 5.47. The molecule has 1 rings (SSSR count). The van der Waals surface area contributed by atoms with Crippen molar-refractivity contribution in [2.75, 3.05) is 13.7 Å². The fourth-order valence-electron chi connectivity index (χ4n) is 1.37. The molecule has 0 aliphatic rings. The Labute approximate surface area is 96.0 Å². The van der Waals surface area contributed by atoms with Crippen molar-refractivity contribution in [1.82, 2.24) is 10.3 Å². The molecule has 16 heavy (non-hydrogen) atoms. The highest BCUT2D eigenvalue weighted by Crippen LogP contribution is 2.03. The summed E-state index contributed by atoms with van der Waals surface area (Å²) >= 11 is 0. The zero-order valence-electron chi connectivity index (χ0n) is 9.82. The lowest BCUT2D eigenvalue weighted by Crippen LogP contribution is -2.15. The molecule has 1 aromatic heterocycles. The maximum atomic E-state index is 11.1. The van der Waals surface area contributed by atoms with Gasteiger partial charge >= 0.3 is 5.97 Å². The molecule has 0 aliphatic heterocycles. The van der Waals surface area contributed by atoms with Gasteiger partial charge in [0.2, 0.25) is 0 Å². The van der Waals surface area contributed by atoms with Crippen molar-refractivity contribution in [1.29, 1.82) is 0 Å². The van der Waals surface area contributed by atoms with Crippen LogP contribution in [0, 0.1) is 0 Å². The van der Waals surface area contributed by atoms with Crippen molar-refractivity contribution in [2.45, 2.75) is 26.3 Å². The van der Waals surface area contributed by atoms with Gasteiger partial charge in [-0.2, -0.15) is 0 Å². The normalized spacial score (nSPS) is 10.1. The van der Waals surface area contributed by atoms with Gasteiger partial charge in [0, 0.05) is 12.7 Å². The molecule has 0 aromatic carbocycles. The molecule has 0 spiro atoms. The zero-order valence-corrected chi connectivity index (χ0v) is 9.82. The number of esters is 1. The standard InChI is InChI=1S/C12H18N2O2/c1-3-5-13-9-11-7-10(4-6-14-11)8-12(15)16-2/h4,6-7,13H,3,5,8-9H2,1-2H3. The van der Waals surface area contributed by atoms with Gasteiger partial charge in [-0.1, -0.05) is 6.92 Å². The van der Waals surface area contributed by atoms with Crippen LogP contribution in [0.4, 0.5) is 0 Å². The quantitative estimate of drug-likeness (QED) is 0.582. The van der Waals surface area contributed by atoms with Gasteiger partial charge in [0.25, 0.3) is 0 Å². The van der Waals surface area contributed by atoms with Crippen LogP contribution in [0.3, 0.4) is 0 Å². The molecule has 4 heteroatoms. The van der Waals surface area contributed by atoms with Crippen LogP contribution in [0.5, 0.6) is 0 Å². The van der Waals surface area contributed by atoms with E-state index in [1.807, 2.05) is 12.1 Å². The van der Waals surface area contributed by atoms with E-state index in [1.165, 1.54) is 7.11 Å². The average Bonchev–Trinajstić information content (AvgIpc) is 2.30. The first-order chi connectivity index (χ1) is 7.76. The summed E-state index contributed by atoms with van der Waals surface area (Å²) in [4.78, 5) is 15.3. The van der Waals surface area contributed by atoms with E-state index in [0.717, 1.165) is 30.8 Å². The predicted octanol–water partition coefficient (Wildman–Crippen LogP) is 1.30. The summed E-state index contributed by atoms with van der Waals surface area (Å²) in [5.41, 5.74) is 1.89. The molecular weight excluding hydrogens is 204 g/mol. The first-order valence-electron chi connectivity index (χ1n) is 5.47. The Kier molecular flexibility index (Phi) is 5.50. The minimum atomic E-state index is -0.223. The summed E-state index contributed by atoms with van der Waals surface area (Å²) in [6.07, 6.45) is 3.13. The van der Waals surface area contributed by atoms with E-state index in [0.29, 0.717) is 6.42 Å². The molecule has 0 saturated heterocycles. The lowest BCUT2D eigenvalue weighted by atomic mass is 10.1. The van der Waals surface area contributed by atoms with Crippen LogP contribution in [0.2, 0.25) is 0 Å². The SMILES string of the molecule is CCCNCc1cc(CC(=O)OC)ccn1. The van der Waals surface area contributed by atoms with Crippen LogP contribution in [0.1, 0.15) is 24.6 Å². The van der Waals surface area contributed by atoms with E-state index in [9.17, 15) is 4.79 Å². The second-order valence-electron chi connectivity index (χ2n) is 3.59. The van der Waals surface area contributed by atoms with Crippen molar-refractivity contribution >= 4 is 5.97 Å². The number of pyridine rings is 1. The van der Waals surface area contributed by atoms with Gasteiger partial charge in [-0.3, -0.25) is 9.78 Å². The molecule has 0 fully saturated rings. The molecule has 88 valence electrons. The molecule has 0 amide bonds.